The number of aromatic nitrogens is 1. The Balaban J connectivity index is 0.00000126. The Morgan fingerprint density at radius 2 is 2.04 bits per heavy atom. The van der Waals surface area contributed by atoms with E-state index in [1.165, 1.54) is 16.9 Å². The van der Waals surface area contributed by atoms with Crippen molar-refractivity contribution in [1.29, 1.82) is 0 Å². The van der Waals surface area contributed by atoms with Gasteiger partial charge in [0.05, 0.1) is 9.90 Å². The molecule has 3 aromatic rings. The molecule has 8 heteroatoms. The molecule has 0 aliphatic heterocycles. The number of nitrogens with one attached hydrogen (secondary N) is 1. The number of alkyl halides is 1. The van der Waals surface area contributed by atoms with Gasteiger partial charge < -0.3 is 10.4 Å². The average molecular weight is 485 g/mol. The van der Waals surface area contributed by atoms with Gasteiger partial charge in [0.2, 0.25) is 0 Å². The Morgan fingerprint density at radius 3 is 2.70 bits per heavy atom. The van der Waals surface area contributed by atoms with Gasteiger partial charge in [0.15, 0.2) is 5.13 Å². The molecule has 0 radical (unpaired) electrons. The normalized spacial score (nSPS) is 10.2. The maximum atomic E-state index is 11.2. The van der Waals surface area contributed by atoms with Gasteiger partial charge in [-0.05, 0) is 36.6 Å². The maximum Gasteiger partial charge on any atom is 0.345 e. The van der Waals surface area contributed by atoms with Crippen LogP contribution in [0.25, 0.3) is 11.3 Å². The third kappa shape index (κ3) is 6.34. The van der Waals surface area contributed by atoms with E-state index in [9.17, 15) is 9.90 Å². The third-order valence-electron chi connectivity index (χ3n) is 3.64. The summed E-state index contributed by atoms with van der Waals surface area (Å²) in [5.41, 5.74) is 3.08. The van der Waals surface area contributed by atoms with Crippen LogP contribution in [0.5, 0.6) is 0 Å². The van der Waals surface area contributed by atoms with Gasteiger partial charge in [0, 0.05) is 17.5 Å². The highest BCUT2D eigenvalue weighted by Gasteiger charge is 2.16. The molecule has 0 bridgehead atoms. The summed E-state index contributed by atoms with van der Waals surface area (Å²) in [7, 11) is 0. The van der Waals surface area contributed by atoms with Crippen molar-refractivity contribution in [2.45, 2.75) is 17.1 Å². The number of hydrogen-bond donors (Lipinski definition) is 2. The second-order valence-electron chi connectivity index (χ2n) is 5.37. The van der Waals surface area contributed by atoms with Crippen LogP contribution in [0.2, 0.25) is 0 Å². The van der Waals surface area contributed by atoms with E-state index in [-0.39, 0.29) is 0 Å². The minimum atomic E-state index is -0.888. The van der Waals surface area contributed by atoms with Gasteiger partial charge in [0.1, 0.15) is 4.88 Å². The van der Waals surface area contributed by atoms with Gasteiger partial charge in [0.25, 0.3) is 0 Å². The zero-order chi connectivity index (χ0) is 19.6. The van der Waals surface area contributed by atoms with Crippen LogP contribution < -0.4 is 5.32 Å². The lowest BCUT2D eigenvalue weighted by atomic mass is 10.1. The van der Waals surface area contributed by atoms with Crippen molar-refractivity contribution in [1.82, 2.24) is 4.98 Å². The van der Waals surface area contributed by atoms with E-state index < -0.39 is 5.97 Å². The Morgan fingerprint density at radius 1 is 1.30 bits per heavy atom. The number of rotatable bonds is 8. The van der Waals surface area contributed by atoms with Gasteiger partial charge >= 0.3 is 5.97 Å². The van der Waals surface area contributed by atoms with E-state index in [4.69, 9.17) is 0 Å². The van der Waals surface area contributed by atoms with Crippen LogP contribution in [-0.4, -0.2) is 34.7 Å². The fourth-order valence-electron chi connectivity index (χ4n) is 2.42. The maximum absolute atomic E-state index is 11.2. The first-order valence-corrected chi connectivity index (χ1v) is 12.7. The number of carboxylic acids is 1. The summed E-state index contributed by atoms with van der Waals surface area (Å²) < 4.78 is 0.985. The van der Waals surface area contributed by atoms with E-state index in [1.54, 1.807) is 29.2 Å². The molecule has 4 nitrogen and oxygen atoms in total. The van der Waals surface area contributed by atoms with Crippen molar-refractivity contribution < 1.29 is 9.90 Å². The van der Waals surface area contributed by atoms with Crippen molar-refractivity contribution in [2.24, 2.45) is 0 Å². The highest BCUT2D eigenvalue weighted by Crippen LogP contribution is 2.38. The van der Waals surface area contributed by atoms with E-state index in [0.29, 0.717) is 4.88 Å². The van der Waals surface area contributed by atoms with Crippen LogP contribution in [0.3, 0.4) is 0 Å². The lowest BCUT2D eigenvalue weighted by Gasteiger charge is -2.03. The molecular formula is C19H21BrN2O2S3. The number of benzene rings is 1. The second kappa shape index (κ2) is 11.5. The molecule has 0 unspecified atom stereocenters. The minimum absolute atomic E-state index is 0.352. The number of aromatic carboxylic acids is 1. The third-order valence-corrected chi connectivity index (χ3v) is 6.69. The number of hydrogen-bond acceptors (Lipinski definition) is 6. The summed E-state index contributed by atoms with van der Waals surface area (Å²) in [4.78, 5) is 16.1. The van der Waals surface area contributed by atoms with E-state index in [0.717, 1.165) is 40.0 Å². The van der Waals surface area contributed by atoms with Crippen LogP contribution in [0.15, 0.2) is 46.0 Å². The molecule has 144 valence electrons. The Hall–Kier alpha value is -1.35. The Kier molecular flexibility index (Phi) is 9.33. The number of thiophene rings is 1. The molecule has 0 aliphatic carbocycles. The SMILES string of the molecule is CBr.CSc1sc(C(=O)O)cc1-c1csc(NCCCc2ccccc2)n1. The lowest BCUT2D eigenvalue weighted by Crippen LogP contribution is -2.02. The number of thioether (sulfide) groups is 1. The summed E-state index contributed by atoms with van der Waals surface area (Å²) in [6.45, 7) is 0.862. The van der Waals surface area contributed by atoms with Crippen molar-refractivity contribution in [2.75, 3.05) is 24.0 Å². The summed E-state index contributed by atoms with van der Waals surface area (Å²) in [5, 5.41) is 15.4. The van der Waals surface area contributed by atoms with Crippen LogP contribution in [0, 0.1) is 0 Å². The summed E-state index contributed by atoms with van der Waals surface area (Å²) in [6, 6.07) is 12.1. The molecule has 0 aliphatic rings. The summed E-state index contributed by atoms with van der Waals surface area (Å²) in [6.07, 6.45) is 4.03. The van der Waals surface area contributed by atoms with Gasteiger partial charge in [-0.25, -0.2) is 9.78 Å². The molecule has 0 amide bonds. The molecule has 3 rings (SSSR count). The first-order chi connectivity index (χ1) is 13.2. The number of carbonyl (C=O) groups is 1. The molecule has 0 spiro atoms. The quantitative estimate of drug-likeness (QED) is 0.221. The highest BCUT2D eigenvalue weighted by atomic mass is 79.9. The van der Waals surface area contributed by atoms with Crippen LogP contribution >= 0.6 is 50.4 Å². The fourth-order valence-corrected chi connectivity index (χ4v) is 4.88. The van der Waals surface area contributed by atoms with E-state index >= 15 is 0 Å². The van der Waals surface area contributed by atoms with Crippen LogP contribution in [0.4, 0.5) is 5.13 Å². The van der Waals surface area contributed by atoms with Gasteiger partial charge in [-0.15, -0.1) is 34.4 Å². The number of halogens is 1. The number of thiazole rings is 1. The highest BCUT2D eigenvalue weighted by molar-refractivity contribution is 9.08. The molecule has 27 heavy (non-hydrogen) atoms. The summed E-state index contributed by atoms with van der Waals surface area (Å²) >= 11 is 7.35. The molecule has 0 atom stereocenters. The van der Waals surface area contributed by atoms with Gasteiger partial charge in [-0.1, -0.05) is 46.3 Å². The van der Waals surface area contributed by atoms with Gasteiger partial charge in [-0.3, -0.25) is 0 Å². The topological polar surface area (TPSA) is 62.2 Å². The molecule has 2 heterocycles. The minimum Gasteiger partial charge on any atom is -0.477 e. The van der Waals surface area contributed by atoms with Crippen molar-refractivity contribution in [3.63, 3.8) is 0 Å². The zero-order valence-corrected chi connectivity index (χ0v) is 19.1. The van der Waals surface area contributed by atoms with Crippen LogP contribution in [-0.2, 0) is 6.42 Å². The van der Waals surface area contributed by atoms with Crippen molar-refractivity contribution in [3.8, 4) is 11.3 Å². The smallest absolute Gasteiger partial charge is 0.345 e. The first kappa shape index (κ1) is 21.9. The van der Waals surface area contributed by atoms with Crippen molar-refractivity contribution in [3.05, 3.63) is 52.2 Å². The number of carboxylic acid groups (broad SMARTS) is 1. The zero-order valence-electron chi connectivity index (χ0n) is 15.1. The molecule has 2 N–H and O–H groups in total. The number of anilines is 1. The lowest BCUT2D eigenvalue weighted by molar-refractivity contribution is 0.0702. The standard InChI is InChI=1S/C18H18N2O2S3.CH3Br/c1-23-17-13(10-15(25-17)16(21)22)14-11-24-18(20-14)19-9-5-8-12-6-3-2-4-7-12;1-2/h2-4,6-7,10-11H,5,8-9H2,1H3,(H,19,20)(H,21,22);1H3. The average Bonchev–Trinajstić information content (AvgIpc) is 3.34. The summed E-state index contributed by atoms with van der Waals surface area (Å²) in [5.74, 6) is 0.925. The number of aryl methyl sites for hydroxylation is 1. The van der Waals surface area contributed by atoms with E-state index in [2.05, 4.69) is 50.5 Å². The van der Waals surface area contributed by atoms with Gasteiger partial charge in [-0.2, -0.15) is 0 Å². The monoisotopic (exact) mass is 484 g/mol. The molecule has 0 saturated carbocycles. The predicted octanol–water partition coefficient (Wildman–Crippen LogP) is 6.35. The Labute approximate surface area is 180 Å². The van der Waals surface area contributed by atoms with Crippen molar-refractivity contribution >= 4 is 61.5 Å². The molecule has 2 aromatic heterocycles. The predicted molar refractivity (Wildman–Crippen MR) is 122 cm³/mol. The fraction of sp³-hybridized carbons (Fsp3) is 0.263. The first-order valence-electron chi connectivity index (χ1n) is 8.20. The second-order valence-corrected chi connectivity index (χ2v) is 8.36. The largest absolute Gasteiger partial charge is 0.477 e. The molecule has 1 aromatic carbocycles. The molecule has 0 saturated heterocycles. The molecule has 0 fully saturated rings. The van der Waals surface area contributed by atoms with E-state index in [1.807, 2.05) is 23.5 Å². The molecular weight excluding hydrogens is 464 g/mol. The van der Waals surface area contributed by atoms with Crippen LogP contribution in [0.1, 0.15) is 21.7 Å². The number of nitrogens with zero attached hydrogens (tertiary/aromatic N) is 1. The Bertz CT molecular complexity index is 850.